The van der Waals surface area contributed by atoms with Gasteiger partial charge in [-0.25, -0.2) is 4.79 Å². The van der Waals surface area contributed by atoms with E-state index >= 15 is 0 Å². The third-order valence-electron chi connectivity index (χ3n) is 6.21. The van der Waals surface area contributed by atoms with E-state index in [0.29, 0.717) is 18.1 Å². The number of anilines is 1. The lowest BCUT2D eigenvalue weighted by Gasteiger charge is -2.17. The van der Waals surface area contributed by atoms with Gasteiger partial charge in [0, 0.05) is 46.8 Å². The molecule has 2 heterocycles. The predicted octanol–water partition coefficient (Wildman–Crippen LogP) is 4.30. The van der Waals surface area contributed by atoms with Gasteiger partial charge in [0.15, 0.2) is 0 Å². The number of nitrogens with zero attached hydrogens (tertiary/aromatic N) is 1. The van der Waals surface area contributed by atoms with E-state index in [1.807, 2.05) is 18.2 Å². The van der Waals surface area contributed by atoms with Crippen LogP contribution in [0.3, 0.4) is 0 Å². The number of halogens is 1. The topological polar surface area (TPSA) is 77.2 Å². The van der Waals surface area contributed by atoms with Gasteiger partial charge in [-0.2, -0.15) is 0 Å². The Bertz CT molecular complexity index is 1140. The van der Waals surface area contributed by atoms with Crippen LogP contribution in [0.4, 0.5) is 10.5 Å². The summed E-state index contributed by atoms with van der Waals surface area (Å²) >= 11 is 5.93. The maximum Gasteiger partial charge on any atom is 0.315 e. The second-order valence-electron chi connectivity index (χ2n) is 8.38. The van der Waals surface area contributed by atoms with E-state index < -0.39 is 0 Å². The fraction of sp³-hybridized carbons (Fsp3) is 0.333. The number of hydrogen-bond acceptors (Lipinski definition) is 2. The van der Waals surface area contributed by atoms with Crippen LogP contribution in [0.15, 0.2) is 42.5 Å². The van der Waals surface area contributed by atoms with Gasteiger partial charge in [-0.1, -0.05) is 17.7 Å². The van der Waals surface area contributed by atoms with Gasteiger partial charge in [-0.05, 0) is 73.2 Å². The van der Waals surface area contributed by atoms with Crippen molar-refractivity contribution in [2.75, 3.05) is 11.4 Å². The van der Waals surface area contributed by atoms with Gasteiger partial charge in [0.1, 0.15) is 0 Å². The van der Waals surface area contributed by atoms with Gasteiger partial charge in [0.05, 0.1) is 6.04 Å². The summed E-state index contributed by atoms with van der Waals surface area (Å²) in [7, 11) is 0. The molecule has 6 nitrogen and oxygen atoms in total. The first kappa shape index (κ1) is 19.9. The number of carbonyl (C=O) groups is 2. The Labute approximate surface area is 186 Å². The molecule has 3 aromatic rings. The summed E-state index contributed by atoms with van der Waals surface area (Å²) < 4.78 is 0. The average Bonchev–Trinajstić information content (AvgIpc) is 3.32. The zero-order valence-electron chi connectivity index (χ0n) is 17.2. The van der Waals surface area contributed by atoms with Crippen LogP contribution in [0.5, 0.6) is 0 Å². The molecule has 7 heteroatoms. The molecule has 5 rings (SSSR count). The molecule has 1 atom stereocenters. The van der Waals surface area contributed by atoms with Gasteiger partial charge in [0.25, 0.3) is 0 Å². The van der Waals surface area contributed by atoms with E-state index in [0.717, 1.165) is 24.1 Å². The zero-order chi connectivity index (χ0) is 21.4. The molecular formula is C24H25ClN4O2. The maximum atomic E-state index is 12.4. The number of rotatable bonds is 4. The molecule has 1 fully saturated rings. The van der Waals surface area contributed by atoms with E-state index in [9.17, 15) is 9.59 Å². The number of amides is 3. The first-order valence-corrected chi connectivity index (χ1v) is 11.2. The van der Waals surface area contributed by atoms with Crippen LogP contribution in [0.2, 0.25) is 5.02 Å². The molecule has 160 valence electrons. The molecule has 3 amide bonds. The molecule has 2 aromatic carbocycles. The van der Waals surface area contributed by atoms with Gasteiger partial charge < -0.3 is 20.5 Å². The lowest BCUT2D eigenvalue weighted by molar-refractivity contribution is -0.117. The molecule has 1 aromatic heterocycles. The summed E-state index contributed by atoms with van der Waals surface area (Å²) in [6.07, 6.45) is 5.00. The van der Waals surface area contributed by atoms with Gasteiger partial charge in [-0.3, -0.25) is 4.79 Å². The van der Waals surface area contributed by atoms with Crippen molar-refractivity contribution in [3.63, 3.8) is 0 Å². The third-order valence-corrected chi connectivity index (χ3v) is 6.47. The Morgan fingerprint density at radius 2 is 1.94 bits per heavy atom. The number of aromatic amines is 1. The fourth-order valence-electron chi connectivity index (χ4n) is 4.66. The summed E-state index contributed by atoms with van der Waals surface area (Å²) in [6.45, 7) is 0.901. The van der Waals surface area contributed by atoms with E-state index in [1.165, 1.54) is 35.0 Å². The van der Waals surface area contributed by atoms with Crippen LogP contribution < -0.4 is 15.5 Å². The Morgan fingerprint density at radius 1 is 1.13 bits per heavy atom. The monoisotopic (exact) mass is 436 g/mol. The molecule has 3 N–H and O–H groups in total. The molecule has 1 saturated heterocycles. The number of carbonyl (C=O) groups excluding carboxylic acids is 2. The van der Waals surface area contributed by atoms with Crippen molar-refractivity contribution >= 4 is 40.1 Å². The number of urea groups is 1. The summed E-state index contributed by atoms with van der Waals surface area (Å²) in [6, 6.07) is 13.0. The zero-order valence-corrected chi connectivity index (χ0v) is 18.0. The number of aryl methyl sites for hydroxylation is 2. The standard InChI is InChI=1S/C24H25ClN4O2/c25-16-6-8-18(9-7-16)29-14-17(12-23(29)30)27-24(31)26-13-15-5-10-22-20(11-15)19-3-1-2-4-21(19)28-22/h5-11,17,28H,1-4,12-14H2,(H2,26,27,31). The van der Waals surface area contributed by atoms with Gasteiger partial charge in [-0.15, -0.1) is 0 Å². The number of benzene rings is 2. The minimum absolute atomic E-state index is 0.00435. The summed E-state index contributed by atoms with van der Waals surface area (Å²) in [5.74, 6) is -0.00435. The lowest BCUT2D eigenvalue weighted by atomic mass is 9.95. The fourth-order valence-corrected chi connectivity index (χ4v) is 4.78. The highest BCUT2D eigenvalue weighted by molar-refractivity contribution is 6.30. The highest BCUT2D eigenvalue weighted by Gasteiger charge is 2.31. The quantitative estimate of drug-likeness (QED) is 0.570. The van der Waals surface area contributed by atoms with Crippen molar-refractivity contribution in [1.82, 2.24) is 15.6 Å². The van der Waals surface area contributed by atoms with E-state index in [2.05, 4.69) is 27.8 Å². The molecule has 1 aliphatic carbocycles. The van der Waals surface area contributed by atoms with E-state index in [4.69, 9.17) is 11.6 Å². The molecule has 0 radical (unpaired) electrons. The van der Waals surface area contributed by atoms with Crippen molar-refractivity contribution in [2.45, 2.75) is 44.7 Å². The maximum absolute atomic E-state index is 12.4. The van der Waals surface area contributed by atoms with E-state index in [1.54, 1.807) is 17.0 Å². The van der Waals surface area contributed by atoms with E-state index in [-0.39, 0.29) is 24.4 Å². The van der Waals surface area contributed by atoms with Crippen LogP contribution in [-0.4, -0.2) is 29.5 Å². The second-order valence-corrected chi connectivity index (χ2v) is 8.81. The molecule has 1 unspecified atom stereocenters. The normalized spacial score (nSPS) is 18.3. The average molecular weight is 437 g/mol. The predicted molar refractivity (Wildman–Crippen MR) is 123 cm³/mol. The number of fused-ring (bicyclic) bond motifs is 3. The number of aromatic nitrogens is 1. The summed E-state index contributed by atoms with van der Waals surface area (Å²) in [4.78, 5) is 30.0. The smallest absolute Gasteiger partial charge is 0.315 e. The molecule has 1 aliphatic heterocycles. The summed E-state index contributed by atoms with van der Waals surface area (Å²) in [5, 5.41) is 7.76. The summed E-state index contributed by atoms with van der Waals surface area (Å²) in [5.41, 5.74) is 5.83. The van der Waals surface area contributed by atoms with Crippen molar-refractivity contribution in [2.24, 2.45) is 0 Å². The second kappa shape index (κ2) is 8.27. The number of H-pyrrole nitrogens is 1. The SMILES string of the molecule is O=C(NCc1ccc2[nH]c3c(c2c1)CCCC3)NC1CC(=O)N(c2ccc(Cl)cc2)C1. The first-order valence-electron chi connectivity index (χ1n) is 10.8. The molecule has 2 aliphatic rings. The van der Waals surface area contributed by atoms with Crippen molar-refractivity contribution in [3.05, 3.63) is 64.3 Å². The Morgan fingerprint density at radius 3 is 2.77 bits per heavy atom. The minimum atomic E-state index is -0.257. The van der Waals surface area contributed by atoms with Crippen molar-refractivity contribution < 1.29 is 9.59 Å². The first-order chi connectivity index (χ1) is 15.1. The highest BCUT2D eigenvalue weighted by Crippen LogP contribution is 2.29. The van der Waals surface area contributed by atoms with Crippen LogP contribution >= 0.6 is 11.6 Å². The van der Waals surface area contributed by atoms with Gasteiger partial charge in [0.2, 0.25) is 5.91 Å². The molecular weight excluding hydrogens is 412 g/mol. The molecule has 0 spiro atoms. The van der Waals surface area contributed by atoms with Gasteiger partial charge >= 0.3 is 6.03 Å². The third kappa shape index (κ3) is 4.12. The Hall–Kier alpha value is -2.99. The molecule has 0 bridgehead atoms. The minimum Gasteiger partial charge on any atom is -0.358 e. The van der Waals surface area contributed by atoms with Crippen LogP contribution in [0.25, 0.3) is 10.9 Å². The van der Waals surface area contributed by atoms with Crippen molar-refractivity contribution in [1.29, 1.82) is 0 Å². The van der Waals surface area contributed by atoms with Crippen LogP contribution in [-0.2, 0) is 24.2 Å². The highest BCUT2D eigenvalue weighted by atomic mass is 35.5. The number of nitrogens with one attached hydrogen (secondary N) is 3. The lowest BCUT2D eigenvalue weighted by Crippen LogP contribution is -2.43. The van der Waals surface area contributed by atoms with Crippen LogP contribution in [0.1, 0.15) is 36.1 Å². The van der Waals surface area contributed by atoms with Crippen LogP contribution in [0, 0.1) is 0 Å². The Balaban J connectivity index is 1.18. The van der Waals surface area contributed by atoms with Crippen molar-refractivity contribution in [3.8, 4) is 0 Å². The molecule has 0 saturated carbocycles. The number of hydrogen-bond donors (Lipinski definition) is 3. The molecule has 31 heavy (non-hydrogen) atoms. The Kier molecular flexibility index (Phi) is 5.32. The largest absolute Gasteiger partial charge is 0.358 e.